The molecule has 1 aliphatic rings. The Morgan fingerprint density at radius 2 is 2.14 bits per heavy atom. The summed E-state index contributed by atoms with van der Waals surface area (Å²) in [5, 5.41) is 12.2. The number of hydrogen-bond acceptors (Lipinski definition) is 3. The van der Waals surface area contributed by atoms with Gasteiger partial charge in [-0.2, -0.15) is 0 Å². The number of aryl methyl sites for hydroxylation is 1. The molecule has 2 heterocycles. The number of nitrogens with zero attached hydrogens (tertiary/aromatic N) is 2. The number of rotatable bonds is 1. The van der Waals surface area contributed by atoms with E-state index in [4.69, 9.17) is 10.2 Å². The molecule has 4 heteroatoms. The predicted octanol–water partition coefficient (Wildman–Crippen LogP) is 3.91. The van der Waals surface area contributed by atoms with Crippen molar-refractivity contribution in [1.82, 2.24) is 9.97 Å². The van der Waals surface area contributed by atoms with E-state index in [-0.39, 0.29) is 0 Å². The second-order valence-corrected chi connectivity index (χ2v) is 7.20. The van der Waals surface area contributed by atoms with E-state index in [0.717, 1.165) is 29.6 Å². The topological polar surface area (TPSA) is 61.3 Å². The molecule has 2 aromatic rings. The lowest BCUT2D eigenvalue weighted by atomic mass is 9.71. The third-order valence-electron chi connectivity index (χ3n) is 4.73. The average molecular weight is 285 g/mol. The van der Waals surface area contributed by atoms with E-state index in [1.54, 1.807) is 6.92 Å². The third-order valence-corrected chi connectivity index (χ3v) is 4.73. The zero-order chi connectivity index (χ0) is 15.2. The van der Waals surface area contributed by atoms with Crippen LogP contribution in [-0.2, 0) is 12.8 Å². The van der Waals surface area contributed by atoms with Crippen molar-refractivity contribution < 1.29 is 5.21 Å². The summed E-state index contributed by atoms with van der Waals surface area (Å²) in [5.74, 6) is 0.708. The van der Waals surface area contributed by atoms with Crippen LogP contribution in [-0.4, -0.2) is 20.9 Å². The minimum Gasteiger partial charge on any atom is -0.411 e. The number of hydrogen-bond donors (Lipinski definition) is 2. The first-order valence-corrected chi connectivity index (χ1v) is 7.59. The molecular weight excluding hydrogens is 262 g/mol. The second-order valence-electron chi connectivity index (χ2n) is 7.20. The lowest BCUT2D eigenvalue weighted by Crippen LogP contribution is -2.27. The van der Waals surface area contributed by atoms with Gasteiger partial charge in [0.15, 0.2) is 0 Å². The van der Waals surface area contributed by atoms with E-state index in [1.165, 1.54) is 17.7 Å². The maximum atomic E-state index is 8.90. The van der Waals surface area contributed by atoms with Gasteiger partial charge in [-0.25, -0.2) is 0 Å². The SMILES string of the molecule is C/C(=N\O)c1cc2nc3c(cc2[nH]1)CC(C(C)(C)C)CC3. The monoisotopic (exact) mass is 285 g/mol. The average Bonchev–Trinajstić information content (AvgIpc) is 2.84. The van der Waals surface area contributed by atoms with Crippen LogP contribution in [0.4, 0.5) is 0 Å². The van der Waals surface area contributed by atoms with Gasteiger partial charge in [0.2, 0.25) is 0 Å². The van der Waals surface area contributed by atoms with E-state index in [1.807, 2.05) is 6.07 Å². The van der Waals surface area contributed by atoms with Gasteiger partial charge in [0.1, 0.15) is 0 Å². The molecule has 0 radical (unpaired) electrons. The summed E-state index contributed by atoms with van der Waals surface area (Å²) in [5.41, 5.74) is 6.33. The molecule has 1 atom stereocenters. The van der Waals surface area contributed by atoms with Crippen LogP contribution in [0.3, 0.4) is 0 Å². The van der Waals surface area contributed by atoms with Gasteiger partial charge in [-0.1, -0.05) is 25.9 Å². The van der Waals surface area contributed by atoms with Gasteiger partial charge in [0.25, 0.3) is 0 Å². The van der Waals surface area contributed by atoms with Crippen LogP contribution in [0.1, 0.15) is 51.1 Å². The Morgan fingerprint density at radius 1 is 1.38 bits per heavy atom. The molecule has 2 aromatic heterocycles. The van der Waals surface area contributed by atoms with Gasteiger partial charge in [0, 0.05) is 5.69 Å². The maximum absolute atomic E-state index is 8.90. The standard InChI is InChI=1S/C17H23N3O/c1-10(20-21)14-9-16-15(19-14)8-11-7-12(17(2,3)4)5-6-13(11)18-16/h8-9,12,19,21H,5-7H2,1-4H3/b20-10+. The number of nitrogens with one attached hydrogen (secondary N) is 1. The fraction of sp³-hybridized carbons (Fsp3) is 0.529. The Labute approximate surface area is 125 Å². The zero-order valence-electron chi connectivity index (χ0n) is 13.2. The predicted molar refractivity (Wildman–Crippen MR) is 85.1 cm³/mol. The van der Waals surface area contributed by atoms with Crippen molar-refractivity contribution in [3.8, 4) is 0 Å². The molecule has 4 nitrogen and oxygen atoms in total. The zero-order valence-corrected chi connectivity index (χ0v) is 13.2. The number of oxime groups is 1. The van der Waals surface area contributed by atoms with Crippen molar-refractivity contribution in [2.24, 2.45) is 16.5 Å². The van der Waals surface area contributed by atoms with Gasteiger partial charge >= 0.3 is 0 Å². The molecule has 0 saturated heterocycles. The summed E-state index contributed by atoms with van der Waals surface area (Å²) in [7, 11) is 0. The largest absolute Gasteiger partial charge is 0.411 e. The summed E-state index contributed by atoms with van der Waals surface area (Å²) in [6.07, 6.45) is 3.37. The van der Waals surface area contributed by atoms with Crippen LogP contribution < -0.4 is 0 Å². The molecule has 2 N–H and O–H groups in total. The molecule has 0 saturated carbocycles. The lowest BCUT2D eigenvalue weighted by Gasteiger charge is -2.34. The van der Waals surface area contributed by atoms with E-state index in [2.05, 4.69) is 37.0 Å². The Kier molecular flexibility index (Phi) is 3.27. The Balaban J connectivity index is 2.01. The fourth-order valence-electron chi connectivity index (χ4n) is 3.20. The molecule has 0 aliphatic heterocycles. The number of fused-ring (bicyclic) bond motifs is 2. The van der Waals surface area contributed by atoms with E-state index in [9.17, 15) is 0 Å². The van der Waals surface area contributed by atoms with Crippen LogP contribution in [0.5, 0.6) is 0 Å². The molecule has 1 aliphatic carbocycles. The number of aromatic nitrogens is 2. The summed E-state index contributed by atoms with van der Waals surface area (Å²) in [6.45, 7) is 8.74. The van der Waals surface area contributed by atoms with Crippen molar-refractivity contribution in [3.63, 3.8) is 0 Å². The summed E-state index contributed by atoms with van der Waals surface area (Å²) < 4.78 is 0. The quantitative estimate of drug-likeness (QED) is 0.474. The highest BCUT2D eigenvalue weighted by Gasteiger charge is 2.29. The van der Waals surface area contributed by atoms with Crippen molar-refractivity contribution in [1.29, 1.82) is 0 Å². The van der Waals surface area contributed by atoms with Gasteiger partial charge in [0.05, 0.1) is 22.4 Å². The summed E-state index contributed by atoms with van der Waals surface area (Å²) >= 11 is 0. The minimum absolute atomic E-state index is 0.341. The summed E-state index contributed by atoms with van der Waals surface area (Å²) in [4.78, 5) is 8.10. The smallest absolute Gasteiger partial charge is 0.0999 e. The van der Waals surface area contributed by atoms with Gasteiger partial charge < -0.3 is 10.2 Å². The first-order chi connectivity index (χ1) is 9.88. The molecule has 0 aromatic carbocycles. The van der Waals surface area contributed by atoms with Gasteiger partial charge in [-0.15, -0.1) is 0 Å². The number of H-pyrrole nitrogens is 1. The Hall–Kier alpha value is -1.84. The van der Waals surface area contributed by atoms with Gasteiger partial charge in [-0.3, -0.25) is 4.98 Å². The Morgan fingerprint density at radius 3 is 2.81 bits per heavy atom. The molecule has 0 bridgehead atoms. The van der Waals surface area contributed by atoms with Crippen LogP contribution in [0.15, 0.2) is 17.3 Å². The Bertz CT molecular complexity index is 707. The van der Waals surface area contributed by atoms with E-state index in [0.29, 0.717) is 17.0 Å². The summed E-state index contributed by atoms with van der Waals surface area (Å²) in [6, 6.07) is 4.18. The van der Waals surface area contributed by atoms with E-state index >= 15 is 0 Å². The van der Waals surface area contributed by atoms with Crippen molar-refractivity contribution in [3.05, 3.63) is 29.1 Å². The maximum Gasteiger partial charge on any atom is 0.0999 e. The highest BCUT2D eigenvalue weighted by Crippen LogP contribution is 2.37. The first-order valence-electron chi connectivity index (χ1n) is 7.59. The third kappa shape index (κ3) is 2.55. The highest BCUT2D eigenvalue weighted by molar-refractivity contribution is 6.00. The second kappa shape index (κ2) is 4.86. The first kappa shape index (κ1) is 14.1. The fourth-order valence-corrected chi connectivity index (χ4v) is 3.20. The minimum atomic E-state index is 0.341. The molecule has 0 spiro atoms. The molecule has 0 amide bonds. The molecule has 0 fully saturated rings. The normalized spacial score (nSPS) is 19.8. The van der Waals surface area contributed by atoms with Crippen LogP contribution in [0.25, 0.3) is 11.0 Å². The van der Waals surface area contributed by atoms with E-state index < -0.39 is 0 Å². The van der Waals surface area contributed by atoms with Crippen LogP contribution >= 0.6 is 0 Å². The highest BCUT2D eigenvalue weighted by atomic mass is 16.4. The van der Waals surface area contributed by atoms with Gasteiger partial charge in [-0.05, 0) is 55.2 Å². The number of pyridine rings is 1. The molecule has 112 valence electrons. The van der Waals surface area contributed by atoms with Crippen LogP contribution in [0.2, 0.25) is 0 Å². The molecular formula is C17H23N3O. The molecule has 21 heavy (non-hydrogen) atoms. The van der Waals surface area contributed by atoms with Crippen molar-refractivity contribution in [2.45, 2.75) is 47.0 Å². The number of aromatic amines is 1. The van der Waals surface area contributed by atoms with Crippen LogP contribution in [0, 0.1) is 11.3 Å². The molecule has 1 unspecified atom stereocenters. The van der Waals surface area contributed by atoms with Crippen molar-refractivity contribution in [2.75, 3.05) is 0 Å². The molecule has 3 rings (SSSR count). The van der Waals surface area contributed by atoms with Crippen molar-refractivity contribution >= 4 is 16.7 Å². The lowest BCUT2D eigenvalue weighted by molar-refractivity contribution is 0.215.